The zero-order valence-corrected chi connectivity index (χ0v) is 19.9. The number of imidazole rings is 1. The molecular weight excluding hydrogens is 446 g/mol. The fourth-order valence-electron chi connectivity index (χ4n) is 3.87. The normalized spacial score (nSPS) is 15.2. The van der Waals surface area contributed by atoms with Gasteiger partial charge in [0.1, 0.15) is 11.6 Å². The van der Waals surface area contributed by atoms with E-state index in [0.717, 1.165) is 12.8 Å². The van der Waals surface area contributed by atoms with Crippen molar-refractivity contribution in [1.82, 2.24) is 23.9 Å². The van der Waals surface area contributed by atoms with Crippen molar-refractivity contribution < 1.29 is 17.9 Å². The summed E-state index contributed by atoms with van der Waals surface area (Å²) in [6.07, 6.45) is 2.29. The number of ether oxygens (including phenoxy) is 2. The van der Waals surface area contributed by atoms with Crippen molar-refractivity contribution in [2.24, 2.45) is 0 Å². The van der Waals surface area contributed by atoms with E-state index in [1.807, 2.05) is 13.8 Å². The van der Waals surface area contributed by atoms with E-state index >= 15 is 0 Å². The summed E-state index contributed by atoms with van der Waals surface area (Å²) in [5.41, 5.74) is 1.06. The summed E-state index contributed by atoms with van der Waals surface area (Å²) in [6, 6.07) is 4.66. The molecule has 0 saturated carbocycles. The number of fused-ring (bicyclic) bond motifs is 1. The summed E-state index contributed by atoms with van der Waals surface area (Å²) < 4.78 is 40.6. The molecular formula is C22H29N5O5S. The first-order valence-corrected chi connectivity index (χ1v) is 12.6. The van der Waals surface area contributed by atoms with Crippen LogP contribution >= 0.6 is 0 Å². The molecule has 4 rings (SSSR count). The minimum atomic E-state index is -3.74. The van der Waals surface area contributed by atoms with Crippen molar-refractivity contribution in [1.29, 1.82) is 0 Å². The lowest BCUT2D eigenvalue weighted by Gasteiger charge is -2.26. The van der Waals surface area contributed by atoms with Crippen LogP contribution in [0.1, 0.15) is 38.2 Å². The average Bonchev–Trinajstić information content (AvgIpc) is 3.14. The van der Waals surface area contributed by atoms with Gasteiger partial charge in [0.05, 0.1) is 36.0 Å². The van der Waals surface area contributed by atoms with Gasteiger partial charge in [-0.05, 0) is 38.0 Å². The lowest BCUT2D eigenvalue weighted by molar-refractivity contribution is 0.0730. The number of morpholine rings is 1. The number of nitrogens with one attached hydrogen (secondary N) is 1. The van der Waals surface area contributed by atoms with Crippen molar-refractivity contribution in [3.63, 3.8) is 0 Å². The highest BCUT2D eigenvalue weighted by Gasteiger charge is 2.28. The molecule has 0 atom stereocenters. The van der Waals surface area contributed by atoms with Crippen LogP contribution < -0.4 is 10.3 Å². The van der Waals surface area contributed by atoms with Gasteiger partial charge in [-0.2, -0.15) is 4.31 Å². The second-order valence-corrected chi connectivity index (χ2v) is 9.89. The minimum Gasteiger partial charge on any atom is -0.493 e. The first kappa shape index (κ1) is 23.4. The van der Waals surface area contributed by atoms with Crippen LogP contribution in [0.15, 0.2) is 27.9 Å². The monoisotopic (exact) mass is 475 g/mol. The minimum absolute atomic E-state index is 0.113. The Hall–Kier alpha value is -2.76. The molecule has 178 valence electrons. The van der Waals surface area contributed by atoms with Crippen LogP contribution in [0.25, 0.3) is 16.9 Å². The van der Waals surface area contributed by atoms with E-state index in [1.165, 1.54) is 16.4 Å². The van der Waals surface area contributed by atoms with E-state index in [2.05, 4.69) is 15.1 Å². The predicted octanol–water partition coefficient (Wildman–Crippen LogP) is 2.16. The summed E-state index contributed by atoms with van der Waals surface area (Å²) in [7, 11) is -3.74. The van der Waals surface area contributed by atoms with E-state index in [0.29, 0.717) is 67.7 Å². The number of aryl methyl sites for hydroxylation is 2. The molecule has 0 bridgehead atoms. The molecule has 10 nitrogen and oxygen atoms in total. The number of sulfonamides is 1. The highest BCUT2D eigenvalue weighted by molar-refractivity contribution is 7.89. The predicted molar refractivity (Wildman–Crippen MR) is 123 cm³/mol. The van der Waals surface area contributed by atoms with Crippen molar-refractivity contribution in [2.45, 2.75) is 44.9 Å². The molecule has 1 N–H and O–H groups in total. The summed E-state index contributed by atoms with van der Waals surface area (Å²) in [4.78, 5) is 20.3. The smallest absolute Gasteiger partial charge is 0.277 e. The maximum atomic E-state index is 13.2. The molecule has 3 aromatic rings. The van der Waals surface area contributed by atoms with E-state index in [1.54, 1.807) is 17.5 Å². The fourth-order valence-corrected chi connectivity index (χ4v) is 5.31. The van der Waals surface area contributed by atoms with Crippen LogP contribution in [-0.2, 0) is 21.2 Å². The van der Waals surface area contributed by atoms with Gasteiger partial charge in [0.2, 0.25) is 10.0 Å². The quantitative estimate of drug-likeness (QED) is 0.530. The van der Waals surface area contributed by atoms with Crippen LogP contribution in [-0.4, -0.2) is 65.2 Å². The number of H-pyrrole nitrogens is 1. The zero-order chi connectivity index (χ0) is 23.6. The second-order valence-electron chi connectivity index (χ2n) is 7.95. The molecule has 1 fully saturated rings. The summed E-state index contributed by atoms with van der Waals surface area (Å²) in [5.74, 6) is 1.37. The Morgan fingerprint density at radius 3 is 2.64 bits per heavy atom. The van der Waals surface area contributed by atoms with Gasteiger partial charge in [0.15, 0.2) is 11.3 Å². The standard InChI is InChI=1S/C22H29N5O5S/c1-4-6-19-23-15(3)20-22(28)24-21(25-27(19)20)17-14-16(7-8-18(17)32-11-5-2)33(29,30)26-9-12-31-13-10-26/h7-8,14H,4-6,9-13H2,1-3H3,(H,24,25,28). The third kappa shape index (κ3) is 4.53. The molecule has 1 aliphatic rings. The number of rotatable bonds is 8. The second kappa shape index (κ2) is 9.62. The van der Waals surface area contributed by atoms with Crippen LogP contribution in [0.2, 0.25) is 0 Å². The number of aromatic nitrogens is 4. The lowest BCUT2D eigenvalue weighted by Crippen LogP contribution is -2.40. The van der Waals surface area contributed by atoms with Crippen LogP contribution in [0.3, 0.4) is 0 Å². The molecule has 1 aliphatic heterocycles. The third-order valence-corrected chi connectivity index (χ3v) is 7.39. The van der Waals surface area contributed by atoms with Crippen molar-refractivity contribution in [3.05, 3.63) is 40.1 Å². The molecule has 0 amide bonds. The van der Waals surface area contributed by atoms with Crippen molar-refractivity contribution in [2.75, 3.05) is 32.9 Å². The molecule has 33 heavy (non-hydrogen) atoms. The Balaban J connectivity index is 1.87. The Bertz CT molecular complexity index is 1310. The highest BCUT2D eigenvalue weighted by Crippen LogP contribution is 2.31. The molecule has 11 heteroatoms. The van der Waals surface area contributed by atoms with Crippen LogP contribution in [0, 0.1) is 6.92 Å². The number of benzene rings is 1. The van der Waals surface area contributed by atoms with Gasteiger partial charge in [-0.15, -0.1) is 5.10 Å². The first-order chi connectivity index (χ1) is 15.9. The van der Waals surface area contributed by atoms with E-state index in [9.17, 15) is 13.2 Å². The Morgan fingerprint density at radius 2 is 1.94 bits per heavy atom. The summed E-state index contributed by atoms with van der Waals surface area (Å²) >= 11 is 0. The first-order valence-electron chi connectivity index (χ1n) is 11.2. The number of nitrogens with zero attached hydrogens (tertiary/aromatic N) is 4. The van der Waals surface area contributed by atoms with Gasteiger partial charge >= 0.3 is 0 Å². The summed E-state index contributed by atoms with van der Waals surface area (Å²) in [5, 5.41) is 4.64. The Kier molecular flexibility index (Phi) is 6.82. The average molecular weight is 476 g/mol. The van der Waals surface area contributed by atoms with E-state index in [4.69, 9.17) is 9.47 Å². The molecule has 3 heterocycles. The molecule has 1 saturated heterocycles. The van der Waals surface area contributed by atoms with Crippen LogP contribution in [0.5, 0.6) is 5.75 Å². The fraction of sp³-hybridized carbons (Fsp3) is 0.500. The Morgan fingerprint density at radius 1 is 1.18 bits per heavy atom. The molecule has 0 unspecified atom stereocenters. The molecule has 0 spiro atoms. The van der Waals surface area contributed by atoms with E-state index in [-0.39, 0.29) is 16.3 Å². The third-order valence-electron chi connectivity index (χ3n) is 5.49. The van der Waals surface area contributed by atoms with Crippen molar-refractivity contribution >= 4 is 15.5 Å². The van der Waals surface area contributed by atoms with Gasteiger partial charge in [0, 0.05) is 19.5 Å². The molecule has 0 radical (unpaired) electrons. The summed E-state index contributed by atoms with van der Waals surface area (Å²) in [6.45, 7) is 7.53. The largest absolute Gasteiger partial charge is 0.493 e. The van der Waals surface area contributed by atoms with Gasteiger partial charge in [-0.3, -0.25) is 4.79 Å². The Labute approximate surface area is 192 Å². The molecule has 1 aromatic carbocycles. The topological polar surface area (TPSA) is 119 Å². The number of hydrogen-bond donors (Lipinski definition) is 1. The van der Waals surface area contributed by atoms with Gasteiger partial charge < -0.3 is 14.5 Å². The maximum Gasteiger partial charge on any atom is 0.277 e. The van der Waals surface area contributed by atoms with Gasteiger partial charge in [0.25, 0.3) is 5.56 Å². The highest BCUT2D eigenvalue weighted by atomic mass is 32.2. The lowest BCUT2D eigenvalue weighted by atomic mass is 10.2. The number of hydrogen-bond acceptors (Lipinski definition) is 7. The SMILES string of the molecule is CCCOc1ccc(S(=O)(=O)N2CCOCC2)cc1-c1nn2c(CCC)nc(C)c2c(=O)[nH]1. The molecule has 0 aliphatic carbocycles. The zero-order valence-electron chi connectivity index (χ0n) is 19.1. The van der Waals surface area contributed by atoms with Crippen LogP contribution in [0.4, 0.5) is 0 Å². The maximum absolute atomic E-state index is 13.2. The van der Waals surface area contributed by atoms with E-state index < -0.39 is 10.0 Å². The van der Waals surface area contributed by atoms with Gasteiger partial charge in [-0.25, -0.2) is 17.9 Å². The molecule has 2 aromatic heterocycles. The van der Waals surface area contributed by atoms with Crippen molar-refractivity contribution in [3.8, 4) is 17.1 Å². The number of aromatic amines is 1. The van der Waals surface area contributed by atoms with Gasteiger partial charge in [-0.1, -0.05) is 13.8 Å².